The first kappa shape index (κ1) is 28.4. The lowest BCUT2D eigenvalue weighted by molar-refractivity contribution is -0.140. The molecule has 226 valence electrons. The van der Waals surface area contributed by atoms with Gasteiger partial charge in [-0.05, 0) is 81.9 Å². The highest BCUT2D eigenvalue weighted by molar-refractivity contribution is 5.91. The molecule has 0 saturated carbocycles. The van der Waals surface area contributed by atoms with Crippen molar-refractivity contribution in [1.82, 2.24) is 0 Å². The summed E-state index contributed by atoms with van der Waals surface area (Å²) in [6.07, 6.45) is -2.94. The van der Waals surface area contributed by atoms with E-state index in [-0.39, 0.29) is 46.1 Å². The van der Waals surface area contributed by atoms with Gasteiger partial charge < -0.3 is 23.7 Å². The number of hydrogen-bond donors (Lipinski definition) is 0. The SMILES string of the molecule is O=C(Oc1ccc2c(c1)C(C(F)(F)F)c1cc(OCOc3ccc(CC4CO4)cc3F)ccc1-2)c1ccc(CC2CO2)cc1. The maximum Gasteiger partial charge on any atom is 0.399 e. The van der Waals surface area contributed by atoms with Gasteiger partial charge >= 0.3 is 12.1 Å². The number of halogens is 4. The monoisotopic (exact) mass is 606 g/mol. The van der Waals surface area contributed by atoms with Crippen LogP contribution in [-0.4, -0.2) is 44.4 Å². The second-order valence-electron chi connectivity index (χ2n) is 11.0. The summed E-state index contributed by atoms with van der Waals surface area (Å²) in [6.45, 7) is 0.983. The van der Waals surface area contributed by atoms with Crippen molar-refractivity contribution in [1.29, 1.82) is 0 Å². The van der Waals surface area contributed by atoms with Crippen molar-refractivity contribution in [2.24, 2.45) is 0 Å². The topological polar surface area (TPSA) is 69.8 Å². The number of rotatable bonds is 10. The zero-order valence-electron chi connectivity index (χ0n) is 23.2. The van der Waals surface area contributed by atoms with Crippen LogP contribution in [0.25, 0.3) is 11.1 Å². The van der Waals surface area contributed by atoms with Gasteiger partial charge in [-0.25, -0.2) is 9.18 Å². The number of epoxide rings is 2. The first-order valence-corrected chi connectivity index (χ1v) is 14.1. The highest BCUT2D eigenvalue weighted by Gasteiger charge is 2.47. The third-order valence-corrected chi connectivity index (χ3v) is 7.85. The Bertz CT molecular complexity index is 1710. The van der Waals surface area contributed by atoms with Crippen molar-refractivity contribution < 1.29 is 46.0 Å². The fourth-order valence-corrected chi connectivity index (χ4v) is 5.51. The van der Waals surface area contributed by atoms with Crippen molar-refractivity contribution >= 4 is 5.97 Å². The summed E-state index contributed by atoms with van der Waals surface area (Å²) in [5.74, 6) is -3.08. The quantitative estimate of drug-likeness (QED) is 0.0636. The van der Waals surface area contributed by atoms with Crippen molar-refractivity contribution in [3.8, 4) is 28.4 Å². The Balaban J connectivity index is 1.05. The van der Waals surface area contributed by atoms with E-state index >= 15 is 0 Å². The van der Waals surface area contributed by atoms with Gasteiger partial charge in [-0.1, -0.05) is 30.3 Å². The summed E-state index contributed by atoms with van der Waals surface area (Å²) in [4.78, 5) is 12.8. The molecule has 4 aromatic carbocycles. The highest BCUT2D eigenvalue weighted by Crippen LogP contribution is 2.53. The predicted octanol–water partition coefficient (Wildman–Crippen LogP) is 7.02. The highest BCUT2D eigenvalue weighted by atomic mass is 19.4. The third-order valence-electron chi connectivity index (χ3n) is 7.85. The van der Waals surface area contributed by atoms with E-state index in [1.54, 1.807) is 36.4 Å². The number of benzene rings is 4. The molecule has 2 saturated heterocycles. The lowest BCUT2D eigenvalue weighted by Gasteiger charge is -2.18. The Hall–Kier alpha value is -4.41. The van der Waals surface area contributed by atoms with Gasteiger partial charge in [-0.3, -0.25) is 0 Å². The van der Waals surface area contributed by atoms with E-state index in [4.69, 9.17) is 23.7 Å². The molecule has 0 N–H and O–H groups in total. The van der Waals surface area contributed by atoms with E-state index in [1.165, 1.54) is 42.5 Å². The lowest BCUT2D eigenvalue weighted by atomic mass is 9.96. The van der Waals surface area contributed by atoms with Gasteiger partial charge in [0.15, 0.2) is 11.6 Å². The fourth-order valence-electron chi connectivity index (χ4n) is 5.51. The maximum atomic E-state index is 14.4. The molecule has 4 aromatic rings. The normalized spacial score (nSPS) is 19.6. The van der Waals surface area contributed by atoms with Crippen LogP contribution in [0.4, 0.5) is 17.6 Å². The molecule has 0 radical (unpaired) electrons. The molecule has 44 heavy (non-hydrogen) atoms. The van der Waals surface area contributed by atoms with Gasteiger partial charge in [0.25, 0.3) is 0 Å². The predicted molar refractivity (Wildman–Crippen MR) is 151 cm³/mol. The van der Waals surface area contributed by atoms with Crippen LogP contribution in [0.2, 0.25) is 0 Å². The number of carbonyl (C=O) groups is 1. The Morgan fingerprint density at radius 1 is 0.750 bits per heavy atom. The largest absolute Gasteiger partial charge is 0.457 e. The minimum atomic E-state index is -4.63. The maximum absolute atomic E-state index is 14.4. The van der Waals surface area contributed by atoms with Crippen LogP contribution in [0.5, 0.6) is 17.2 Å². The summed E-state index contributed by atoms with van der Waals surface area (Å²) >= 11 is 0. The molecule has 0 bridgehead atoms. The number of hydrogen-bond acceptors (Lipinski definition) is 6. The number of fused-ring (bicyclic) bond motifs is 3. The van der Waals surface area contributed by atoms with E-state index < -0.39 is 30.7 Å². The summed E-state index contributed by atoms with van der Waals surface area (Å²) in [5, 5.41) is 0. The Morgan fingerprint density at radius 2 is 1.34 bits per heavy atom. The van der Waals surface area contributed by atoms with Crippen LogP contribution in [0.15, 0.2) is 78.9 Å². The summed E-state index contributed by atoms with van der Waals surface area (Å²) in [6, 6.07) is 20.1. The molecular weight excluding hydrogens is 580 g/mol. The number of carbonyl (C=O) groups excluding carboxylic acids is 1. The summed E-state index contributed by atoms with van der Waals surface area (Å²) in [5.41, 5.74) is 2.84. The van der Waals surface area contributed by atoms with Crippen molar-refractivity contribution in [2.75, 3.05) is 20.0 Å². The second kappa shape index (κ2) is 11.3. The molecule has 3 unspecified atom stereocenters. The zero-order chi connectivity index (χ0) is 30.4. The van der Waals surface area contributed by atoms with Crippen LogP contribution in [-0.2, 0) is 22.3 Å². The molecule has 3 aliphatic rings. The van der Waals surface area contributed by atoms with Crippen LogP contribution >= 0.6 is 0 Å². The second-order valence-corrected chi connectivity index (χ2v) is 11.0. The van der Waals surface area contributed by atoms with Gasteiger partial charge in [-0.15, -0.1) is 0 Å². The van der Waals surface area contributed by atoms with E-state index in [0.717, 1.165) is 24.2 Å². The molecule has 1 aliphatic carbocycles. The van der Waals surface area contributed by atoms with E-state index in [0.29, 0.717) is 24.2 Å². The molecular formula is C34H26F4O6. The van der Waals surface area contributed by atoms with Gasteiger partial charge in [0, 0.05) is 12.8 Å². The van der Waals surface area contributed by atoms with Crippen LogP contribution in [0.1, 0.15) is 38.5 Å². The van der Waals surface area contributed by atoms with Crippen LogP contribution in [0.3, 0.4) is 0 Å². The molecule has 2 heterocycles. The average molecular weight is 607 g/mol. The molecule has 7 rings (SSSR count). The summed E-state index contributed by atoms with van der Waals surface area (Å²) < 4.78 is 84.6. The summed E-state index contributed by atoms with van der Waals surface area (Å²) in [7, 11) is 0. The smallest absolute Gasteiger partial charge is 0.399 e. The van der Waals surface area contributed by atoms with Gasteiger partial charge in [0.05, 0.1) is 31.0 Å². The molecule has 3 atom stereocenters. The number of ether oxygens (including phenoxy) is 5. The van der Waals surface area contributed by atoms with Crippen molar-refractivity contribution in [3.05, 3.63) is 112 Å². The van der Waals surface area contributed by atoms with Crippen LogP contribution < -0.4 is 14.2 Å². The Morgan fingerprint density at radius 3 is 1.95 bits per heavy atom. The molecule has 0 aromatic heterocycles. The van der Waals surface area contributed by atoms with Gasteiger partial charge in [-0.2, -0.15) is 13.2 Å². The average Bonchev–Trinajstić information content (AvgIpc) is 3.93. The molecule has 2 fully saturated rings. The zero-order valence-corrected chi connectivity index (χ0v) is 23.2. The van der Waals surface area contributed by atoms with Crippen molar-refractivity contribution in [2.45, 2.75) is 37.1 Å². The fraction of sp³-hybridized carbons (Fsp3) is 0.265. The third kappa shape index (κ3) is 6.13. The van der Waals surface area contributed by atoms with E-state index in [1.807, 2.05) is 0 Å². The minimum absolute atomic E-state index is 0.00142. The number of esters is 1. The standard InChI is InChI=1S/C34H26F4O6/c35-30-13-20(12-25-17-41-25)3-10-31(30)43-18-42-22-6-8-26-27-9-7-23(15-29(27)32(28(26)14-22)34(36,37)38)44-33(39)21-4-1-19(2-5-21)11-24-16-40-24/h1-10,13-15,24-25,32H,11-12,16-18H2. The first-order chi connectivity index (χ1) is 21.2. The van der Waals surface area contributed by atoms with Gasteiger partial charge in [0.2, 0.25) is 6.79 Å². The van der Waals surface area contributed by atoms with E-state index in [2.05, 4.69) is 0 Å². The molecule has 6 nitrogen and oxygen atoms in total. The lowest BCUT2D eigenvalue weighted by Crippen LogP contribution is -2.20. The van der Waals surface area contributed by atoms with Crippen molar-refractivity contribution in [3.63, 3.8) is 0 Å². The molecule has 10 heteroatoms. The minimum Gasteiger partial charge on any atom is -0.457 e. The van der Waals surface area contributed by atoms with Crippen LogP contribution in [0, 0.1) is 5.82 Å². The molecule has 0 amide bonds. The molecule has 2 aliphatic heterocycles. The van der Waals surface area contributed by atoms with E-state index in [9.17, 15) is 22.4 Å². The number of alkyl halides is 3. The Kier molecular flexibility index (Phi) is 7.26. The Labute approximate surface area is 250 Å². The van der Waals surface area contributed by atoms with Gasteiger partial charge in [0.1, 0.15) is 17.4 Å². The first-order valence-electron chi connectivity index (χ1n) is 14.1. The molecule has 0 spiro atoms.